The van der Waals surface area contributed by atoms with Gasteiger partial charge in [0.2, 0.25) is 0 Å². The van der Waals surface area contributed by atoms with E-state index in [1.54, 1.807) is 11.8 Å². The Balaban J connectivity index is 2.06. The lowest BCUT2D eigenvalue weighted by Crippen LogP contribution is -2.47. The third-order valence-corrected chi connectivity index (χ3v) is 5.15. The van der Waals surface area contributed by atoms with Crippen LogP contribution >= 0.6 is 23.5 Å². The Morgan fingerprint density at radius 2 is 2.36 bits per heavy atom. The van der Waals surface area contributed by atoms with Gasteiger partial charge in [-0.2, -0.15) is 30.2 Å². The molecule has 1 aromatic rings. The molecule has 0 saturated carbocycles. The van der Waals surface area contributed by atoms with Crippen LogP contribution in [0.4, 0.5) is 13.2 Å². The molecule has 1 saturated heterocycles. The minimum absolute atomic E-state index is 0.122. The van der Waals surface area contributed by atoms with E-state index in [9.17, 15) is 23.2 Å². The molecule has 0 spiro atoms. The smallest absolute Gasteiger partial charge is 0.333 e. The maximum absolute atomic E-state index is 12.2. The van der Waals surface area contributed by atoms with Gasteiger partial charge >= 0.3 is 6.18 Å². The topological polar surface area (TPSA) is 65.8 Å². The fraction of sp³-hybridized carbons (Fsp3) is 0.462. The number of thioether (sulfide) groups is 2. The fourth-order valence-corrected chi connectivity index (χ4v) is 3.78. The van der Waals surface area contributed by atoms with Crippen molar-refractivity contribution in [2.45, 2.75) is 23.2 Å². The number of hydrogen-bond donors (Lipinski definition) is 1. The van der Waals surface area contributed by atoms with Crippen LogP contribution in [0.1, 0.15) is 16.8 Å². The van der Waals surface area contributed by atoms with Gasteiger partial charge in [-0.1, -0.05) is 11.8 Å². The highest BCUT2D eigenvalue weighted by atomic mass is 32.2. The van der Waals surface area contributed by atoms with Crippen LogP contribution in [-0.4, -0.2) is 39.9 Å². The summed E-state index contributed by atoms with van der Waals surface area (Å²) in [6.45, 7) is 0. The van der Waals surface area contributed by atoms with E-state index in [4.69, 9.17) is 0 Å². The Bertz CT molecular complexity index is 595. The van der Waals surface area contributed by atoms with Gasteiger partial charge in [-0.25, -0.2) is 4.98 Å². The number of halogens is 3. The molecule has 1 amide bonds. The van der Waals surface area contributed by atoms with Gasteiger partial charge in [0.15, 0.2) is 0 Å². The third kappa shape index (κ3) is 4.55. The maximum Gasteiger partial charge on any atom is 0.398 e. The normalized spacial score (nSPS) is 21.4. The Morgan fingerprint density at radius 3 is 2.95 bits per heavy atom. The molecular formula is C13H12F3N3OS2. The van der Waals surface area contributed by atoms with Crippen molar-refractivity contribution < 1.29 is 18.0 Å². The molecule has 0 bridgehead atoms. The molecule has 0 radical (unpaired) electrons. The van der Waals surface area contributed by atoms with E-state index in [1.165, 1.54) is 18.3 Å². The maximum atomic E-state index is 12.2. The van der Waals surface area contributed by atoms with E-state index in [0.29, 0.717) is 23.9 Å². The first-order valence-corrected chi connectivity index (χ1v) is 8.45. The number of carbonyl (C=O) groups excluding carboxylic acids is 1. The third-order valence-electron chi connectivity index (χ3n) is 2.97. The molecule has 1 N–H and O–H groups in total. The second-order valence-corrected chi connectivity index (χ2v) is 6.84. The van der Waals surface area contributed by atoms with Gasteiger partial charge in [0.1, 0.15) is 5.54 Å². The lowest BCUT2D eigenvalue weighted by atomic mass is 10.0. The Morgan fingerprint density at radius 1 is 1.59 bits per heavy atom. The van der Waals surface area contributed by atoms with Gasteiger partial charge in [0.25, 0.3) is 5.91 Å². The molecule has 1 aliphatic rings. The van der Waals surface area contributed by atoms with Gasteiger partial charge in [0.05, 0.1) is 16.8 Å². The predicted molar refractivity (Wildman–Crippen MR) is 78.8 cm³/mol. The summed E-state index contributed by atoms with van der Waals surface area (Å²) >= 11 is 2.10. The molecule has 1 fully saturated rings. The van der Waals surface area contributed by atoms with Gasteiger partial charge in [-0.15, -0.1) is 0 Å². The summed E-state index contributed by atoms with van der Waals surface area (Å²) < 4.78 is 36.6. The van der Waals surface area contributed by atoms with E-state index in [2.05, 4.69) is 16.4 Å². The molecule has 2 rings (SSSR count). The lowest BCUT2D eigenvalue weighted by molar-refractivity contribution is -0.105. The lowest BCUT2D eigenvalue weighted by Gasteiger charge is -2.21. The molecule has 1 aliphatic heterocycles. The number of alkyl halides is 3. The molecular weight excluding hydrogens is 335 g/mol. The standard InChI is InChI=1S/C13H12F3N3OS2/c14-13(15,16)8-22-10-5-9(1-3-18-10)11(20)19-12(6-17)2-4-21-7-12/h1,3,5H,2,4,7-8H2,(H,19,20). The number of nitriles is 1. The summed E-state index contributed by atoms with van der Waals surface area (Å²) in [6, 6.07) is 4.84. The molecule has 1 unspecified atom stereocenters. The number of nitrogens with one attached hydrogen (secondary N) is 1. The average Bonchev–Trinajstić information content (AvgIpc) is 2.94. The number of aromatic nitrogens is 1. The minimum atomic E-state index is -4.30. The van der Waals surface area contributed by atoms with Gasteiger partial charge in [-0.05, 0) is 24.3 Å². The molecule has 9 heteroatoms. The van der Waals surface area contributed by atoms with Crippen LogP contribution in [0.25, 0.3) is 0 Å². The van der Waals surface area contributed by atoms with E-state index in [-0.39, 0.29) is 10.6 Å². The zero-order valence-electron chi connectivity index (χ0n) is 11.3. The second kappa shape index (κ2) is 6.79. The summed E-state index contributed by atoms with van der Waals surface area (Å²) in [5.41, 5.74) is -0.698. The van der Waals surface area contributed by atoms with Crippen LogP contribution in [0, 0.1) is 11.3 Å². The van der Waals surface area contributed by atoms with Crippen LogP contribution < -0.4 is 5.32 Å². The van der Waals surface area contributed by atoms with Gasteiger partial charge in [0, 0.05) is 17.5 Å². The van der Waals surface area contributed by atoms with Crippen molar-refractivity contribution in [2.24, 2.45) is 0 Å². The molecule has 118 valence electrons. The van der Waals surface area contributed by atoms with Crippen LogP contribution in [-0.2, 0) is 0 Å². The number of rotatable bonds is 4. The van der Waals surface area contributed by atoms with Crippen LogP contribution in [0.2, 0.25) is 0 Å². The Kier molecular flexibility index (Phi) is 5.24. The first-order valence-electron chi connectivity index (χ1n) is 6.31. The monoisotopic (exact) mass is 347 g/mol. The summed E-state index contributed by atoms with van der Waals surface area (Å²) in [7, 11) is 0. The highest BCUT2D eigenvalue weighted by molar-refractivity contribution is 7.99. The van der Waals surface area contributed by atoms with Crippen LogP contribution in [0.3, 0.4) is 0 Å². The summed E-state index contributed by atoms with van der Waals surface area (Å²) in [4.78, 5) is 16.0. The van der Waals surface area contributed by atoms with E-state index < -0.39 is 23.4 Å². The Labute approximate surface area is 133 Å². The Hall–Kier alpha value is -1.40. The van der Waals surface area contributed by atoms with Crippen molar-refractivity contribution in [3.05, 3.63) is 23.9 Å². The molecule has 1 aromatic heterocycles. The first-order chi connectivity index (χ1) is 10.3. The molecule has 22 heavy (non-hydrogen) atoms. The highest BCUT2D eigenvalue weighted by Gasteiger charge is 2.36. The molecule has 4 nitrogen and oxygen atoms in total. The summed E-state index contributed by atoms with van der Waals surface area (Å²) in [5, 5.41) is 12.0. The SMILES string of the molecule is N#CC1(NC(=O)c2ccnc(SCC(F)(F)F)c2)CCSC1. The fourth-order valence-electron chi connectivity index (χ4n) is 1.85. The molecule has 2 heterocycles. The van der Waals surface area contributed by atoms with Crippen molar-refractivity contribution in [3.63, 3.8) is 0 Å². The van der Waals surface area contributed by atoms with Crippen LogP contribution in [0.15, 0.2) is 23.4 Å². The number of carbonyl (C=O) groups is 1. The first kappa shape index (κ1) is 17.0. The van der Waals surface area contributed by atoms with Crippen molar-refractivity contribution in [2.75, 3.05) is 17.3 Å². The largest absolute Gasteiger partial charge is 0.398 e. The van der Waals surface area contributed by atoms with E-state index in [1.807, 2.05) is 0 Å². The van der Waals surface area contributed by atoms with E-state index >= 15 is 0 Å². The van der Waals surface area contributed by atoms with Crippen molar-refractivity contribution in [1.82, 2.24) is 10.3 Å². The quantitative estimate of drug-likeness (QED) is 0.849. The predicted octanol–water partition coefficient (Wildman–Crippen LogP) is 2.87. The van der Waals surface area contributed by atoms with Gasteiger partial charge in [-0.3, -0.25) is 4.79 Å². The minimum Gasteiger partial charge on any atom is -0.333 e. The van der Waals surface area contributed by atoms with E-state index in [0.717, 1.165) is 5.75 Å². The zero-order chi connectivity index (χ0) is 16.2. The second-order valence-electron chi connectivity index (χ2n) is 4.74. The summed E-state index contributed by atoms with van der Waals surface area (Å²) in [5.74, 6) is -0.239. The number of nitrogens with zero attached hydrogens (tertiary/aromatic N) is 2. The number of amides is 1. The highest BCUT2D eigenvalue weighted by Crippen LogP contribution is 2.28. The van der Waals surface area contributed by atoms with Crippen LogP contribution in [0.5, 0.6) is 0 Å². The molecule has 0 aromatic carbocycles. The average molecular weight is 347 g/mol. The van der Waals surface area contributed by atoms with Crippen molar-refractivity contribution in [1.29, 1.82) is 5.26 Å². The number of pyridine rings is 1. The van der Waals surface area contributed by atoms with Crippen molar-refractivity contribution >= 4 is 29.4 Å². The van der Waals surface area contributed by atoms with Gasteiger partial charge < -0.3 is 5.32 Å². The number of hydrogen-bond acceptors (Lipinski definition) is 5. The molecule has 1 atom stereocenters. The summed E-state index contributed by atoms with van der Waals surface area (Å²) in [6.07, 6.45) is -2.45. The molecule has 0 aliphatic carbocycles. The van der Waals surface area contributed by atoms with Crippen molar-refractivity contribution in [3.8, 4) is 6.07 Å². The zero-order valence-corrected chi connectivity index (χ0v) is 12.9.